The molecule has 1 aliphatic rings. The van der Waals surface area contributed by atoms with E-state index in [0.717, 1.165) is 17.8 Å². The lowest BCUT2D eigenvalue weighted by atomic mass is 9.93. The average Bonchev–Trinajstić information content (AvgIpc) is 2.65. The average molecular weight is 211 g/mol. The Hall–Kier alpha value is -0.0400. The van der Waals surface area contributed by atoms with Gasteiger partial charge in [-0.1, -0.05) is 40.5 Å². The van der Waals surface area contributed by atoms with Gasteiger partial charge in [-0.3, -0.25) is 0 Å². The van der Waals surface area contributed by atoms with E-state index in [1.54, 1.807) is 0 Å². The van der Waals surface area contributed by atoms with Gasteiger partial charge in [0.25, 0.3) is 0 Å². The number of rotatable bonds is 6. The van der Waals surface area contributed by atoms with E-state index in [1.807, 2.05) is 0 Å². The fourth-order valence-corrected chi connectivity index (χ4v) is 2.58. The molecule has 0 bridgehead atoms. The Morgan fingerprint density at radius 2 is 1.80 bits per heavy atom. The molecule has 3 atom stereocenters. The SMILES string of the molecule is CC[C@H](C)CC1CCN(C[C@@H](C)CC)C1. The van der Waals surface area contributed by atoms with Gasteiger partial charge in [-0.15, -0.1) is 0 Å². The molecule has 1 nitrogen and oxygen atoms in total. The summed E-state index contributed by atoms with van der Waals surface area (Å²) in [5.41, 5.74) is 0. The van der Waals surface area contributed by atoms with Crippen LogP contribution < -0.4 is 0 Å². The van der Waals surface area contributed by atoms with Crippen LogP contribution in [0.1, 0.15) is 53.4 Å². The highest BCUT2D eigenvalue weighted by Gasteiger charge is 2.23. The zero-order valence-corrected chi connectivity index (χ0v) is 11.1. The maximum absolute atomic E-state index is 2.68. The van der Waals surface area contributed by atoms with Crippen LogP contribution in [-0.4, -0.2) is 24.5 Å². The van der Waals surface area contributed by atoms with Crippen molar-refractivity contribution in [2.75, 3.05) is 19.6 Å². The standard InChI is InChI=1S/C14H29N/c1-5-12(3)9-14-7-8-15(11-14)10-13(4)6-2/h12-14H,5-11H2,1-4H3/t12-,13-,14?/m0/s1. The molecule has 1 heteroatoms. The van der Waals surface area contributed by atoms with Crippen molar-refractivity contribution < 1.29 is 0 Å². The minimum absolute atomic E-state index is 0.882. The van der Waals surface area contributed by atoms with Crippen LogP contribution in [0.2, 0.25) is 0 Å². The normalized spacial score (nSPS) is 26.8. The van der Waals surface area contributed by atoms with Crippen LogP contribution in [0.3, 0.4) is 0 Å². The summed E-state index contributed by atoms with van der Waals surface area (Å²) >= 11 is 0. The lowest BCUT2D eigenvalue weighted by molar-refractivity contribution is 0.266. The summed E-state index contributed by atoms with van der Waals surface area (Å²) in [7, 11) is 0. The molecule has 90 valence electrons. The second-order valence-electron chi connectivity index (χ2n) is 5.68. The fourth-order valence-electron chi connectivity index (χ4n) is 2.58. The molecule has 1 unspecified atom stereocenters. The van der Waals surface area contributed by atoms with E-state index in [2.05, 4.69) is 32.6 Å². The largest absolute Gasteiger partial charge is 0.303 e. The molecule has 0 aromatic rings. The molecule has 1 saturated heterocycles. The van der Waals surface area contributed by atoms with Crippen molar-refractivity contribution in [1.29, 1.82) is 0 Å². The molecule has 0 N–H and O–H groups in total. The Morgan fingerprint density at radius 1 is 1.13 bits per heavy atom. The first-order chi connectivity index (χ1) is 7.15. The van der Waals surface area contributed by atoms with Gasteiger partial charge in [-0.2, -0.15) is 0 Å². The molecule has 0 aliphatic carbocycles. The lowest BCUT2D eigenvalue weighted by Crippen LogP contribution is -2.26. The van der Waals surface area contributed by atoms with Gasteiger partial charge in [-0.25, -0.2) is 0 Å². The minimum atomic E-state index is 0.882. The van der Waals surface area contributed by atoms with Crippen molar-refractivity contribution in [1.82, 2.24) is 4.90 Å². The number of nitrogens with zero attached hydrogens (tertiary/aromatic N) is 1. The first-order valence-corrected chi connectivity index (χ1v) is 6.88. The van der Waals surface area contributed by atoms with Gasteiger partial charge in [0, 0.05) is 13.1 Å². The second-order valence-corrected chi connectivity index (χ2v) is 5.68. The Labute approximate surface area is 96.2 Å². The number of likely N-dealkylation sites (tertiary alicyclic amines) is 1. The van der Waals surface area contributed by atoms with Gasteiger partial charge in [0.05, 0.1) is 0 Å². The topological polar surface area (TPSA) is 3.24 Å². The van der Waals surface area contributed by atoms with Crippen molar-refractivity contribution in [3.05, 3.63) is 0 Å². The summed E-state index contributed by atoms with van der Waals surface area (Å²) in [5, 5.41) is 0. The van der Waals surface area contributed by atoms with Gasteiger partial charge >= 0.3 is 0 Å². The molecule has 1 fully saturated rings. The summed E-state index contributed by atoms with van der Waals surface area (Å²) in [6.07, 6.45) is 5.57. The first-order valence-electron chi connectivity index (χ1n) is 6.88. The third-order valence-corrected chi connectivity index (χ3v) is 4.07. The highest BCUT2D eigenvalue weighted by molar-refractivity contribution is 4.77. The molecule has 0 radical (unpaired) electrons. The van der Waals surface area contributed by atoms with Crippen LogP contribution in [0.5, 0.6) is 0 Å². The number of hydrogen-bond acceptors (Lipinski definition) is 1. The summed E-state index contributed by atoms with van der Waals surface area (Å²) in [6.45, 7) is 13.4. The maximum Gasteiger partial charge on any atom is 0.00103 e. The zero-order valence-electron chi connectivity index (χ0n) is 11.1. The van der Waals surface area contributed by atoms with E-state index in [0.29, 0.717) is 0 Å². The Bertz CT molecular complexity index is 149. The van der Waals surface area contributed by atoms with E-state index >= 15 is 0 Å². The van der Waals surface area contributed by atoms with Gasteiger partial charge in [-0.05, 0) is 37.1 Å². The van der Waals surface area contributed by atoms with Crippen LogP contribution in [0, 0.1) is 17.8 Å². The summed E-state index contributed by atoms with van der Waals surface area (Å²) in [4.78, 5) is 2.68. The van der Waals surface area contributed by atoms with E-state index in [9.17, 15) is 0 Å². The zero-order chi connectivity index (χ0) is 11.3. The van der Waals surface area contributed by atoms with Gasteiger partial charge in [0.1, 0.15) is 0 Å². The molecule has 0 aromatic carbocycles. The van der Waals surface area contributed by atoms with Crippen molar-refractivity contribution in [2.24, 2.45) is 17.8 Å². The quantitative estimate of drug-likeness (QED) is 0.646. The molecular weight excluding hydrogens is 182 g/mol. The predicted molar refractivity (Wildman–Crippen MR) is 68.1 cm³/mol. The maximum atomic E-state index is 2.68. The van der Waals surface area contributed by atoms with Crippen LogP contribution >= 0.6 is 0 Å². The summed E-state index contributed by atoms with van der Waals surface area (Å²) < 4.78 is 0. The van der Waals surface area contributed by atoms with Crippen LogP contribution in [0.4, 0.5) is 0 Å². The third kappa shape index (κ3) is 4.55. The Kier molecular flexibility index (Phi) is 5.66. The van der Waals surface area contributed by atoms with E-state index in [4.69, 9.17) is 0 Å². The molecule has 0 aromatic heterocycles. The molecular formula is C14H29N. The minimum Gasteiger partial charge on any atom is -0.303 e. The molecule has 0 saturated carbocycles. The fraction of sp³-hybridized carbons (Fsp3) is 1.00. The Morgan fingerprint density at radius 3 is 2.40 bits per heavy atom. The first kappa shape index (κ1) is 13.0. The van der Waals surface area contributed by atoms with E-state index < -0.39 is 0 Å². The van der Waals surface area contributed by atoms with Gasteiger partial charge in [0.15, 0.2) is 0 Å². The second kappa shape index (κ2) is 6.52. The molecule has 1 aliphatic heterocycles. The highest BCUT2D eigenvalue weighted by atomic mass is 15.1. The third-order valence-electron chi connectivity index (χ3n) is 4.07. The van der Waals surface area contributed by atoms with Crippen molar-refractivity contribution in [2.45, 2.75) is 53.4 Å². The molecule has 1 rings (SSSR count). The van der Waals surface area contributed by atoms with Gasteiger partial charge < -0.3 is 4.90 Å². The number of hydrogen-bond donors (Lipinski definition) is 0. The van der Waals surface area contributed by atoms with Crippen molar-refractivity contribution in [3.8, 4) is 0 Å². The predicted octanol–water partition coefficient (Wildman–Crippen LogP) is 3.79. The Balaban J connectivity index is 2.20. The van der Waals surface area contributed by atoms with Crippen LogP contribution in [-0.2, 0) is 0 Å². The van der Waals surface area contributed by atoms with Crippen molar-refractivity contribution >= 4 is 0 Å². The molecule has 1 heterocycles. The smallest absolute Gasteiger partial charge is 0.00103 e. The molecule has 0 amide bonds. The molecule has 0 spiro atoms. The highest BCUT2D eigenvalue weighted by Crippen LogP contribution is 2.25. The van der Waals surface area contributed by atoms with Gasteiger partial charge in [0.2, 0.25) is 0 Å². The summed E-state index contributed by atoms with van der Waals surface area (Å²) in [6, 6.07) is 0. The van der Waals surface area contributed by atoms with Crippen LogP contribution in [0.25, 0.3) is 0 Å². The monoisotopic (exact) mass is 211 g/mol. The van der Waals surface area contributed by atoms with Crippen molar-refractivity contribution in [3.63, 3.8) is 0 Å². The lowest BCUT2D eigenvalue weighted by Gasteiger charge is -2.20. The van der Waals surface area contributed by atoms with Crippen LogP contribution in [0.15, 0.2) is 0 Å². The summed E-state index contributed by atoms with van der Waals surface area (Å²) in [5.74, 6) is 2.80. The molecule has 15 heavy (non-hydrogen) atoms. The van der Waals surface area contributed by atoms with E-state index in [1.165, 1.54) is 45.3 Å². The van der Waals surface area contributed by atoms with E-state index in [-0.39, 0.29) is 0 Å².